The van der Waals surface area contributed by atoms with E-state index in [2.05, 4.69) is 6.92 Å². The first kappa shape index (κ1) is 20.8. The average molecular weight is 236 g/mol. The molecule has 0 aromatic carbocycles. The van der Waals surface area contributed by atoms with Gasteiger partial charge in [-0.3, -0.25) is 4.79 Å². The standard InChI is InChI=1S/C8H16O2.2C2H6O/c1-2-3-4-5-6-7-8(9)10;2*1-2-3/h2-7H2,1H3,(H,9,10);2*3H,2H2,1H3. The number of hydrogen-bond acceptors (Lipinski definition) is 3. The first-order chi connectivity index (χ1) is 7.60. The summed E-state index contributed by atoms with van der Waals surface area (Å²) in [4.78, 5) is 10.0. The molecule has 0 aromatic heterocycles. The van der Waals surface area contributed by atoms with E-state index in [0.717, 1.165) is 12.8 Å². The largest absolute Gasteiger partial charge is 0.481 e. The summed E-state index contributed by atoms with van der Waals surface area (Å²) in [5, 5.41) is 23.4. The number of aliphatic hydroxyl groups is 2. The first-order valence-corrected chi connectivity index (χ1v) is 6.04. The van der Waals surface area contributed by atoms with Crippen molar-refractivity contribution in [3.05, 3.63) is 0 Å². The molecule has 0 saturated carbocycles. The van der Waals surface area contributed by atoms with Gasteiger partial charge in [-0.15, -0.1) is 0 Å². The summed E-state index contributed by atoms with van der Waals surface area (Å²) in [6.07, 6.45) is 5.88. The molecule has 4 heteroatoms. The number of hydrogen-bond donors (Lipinski definition) is 3. The topological polar surface area (TPSA) is 77.8 Å². The monoisotopic (exact) mass is 236 g/mol. The minimum Gasteiger partial charge on any atom is -0.481 e. The molecule has 0 saturated heterocycles. The molecule has 0 bridgehead atoms. The zero-order chi connectivity index (χ0) is 13.2. The summed E-state index contributed by atoms with van der Waals surface area (Å²) < 4.78 is 0. The van der Waals surface area contributed by atoms with Gasteiger partial charge in [0, 0.05) is 19.6 Å². The predicted octanol–water partition coefficient (Wildman–Crippen LogP) is 2.43. The van der Waals surface area contributed by atoms with Crippen LogP contribution in [0, 0.1) is 0 Å². The highest BCUT2D eigenvalue weighted by atomic mass is 16.4. The van der Waals surface area contributed by atoms with Gasteiger partial charge >= 0.3 is 5.97 Å². The first-order valence-electron chi connectivity index (χ1n) is 6.04. The lowest BCUT2D eigenvalue weighted by atomic mass is 10.1. The van der Waals surface area contributed by atoms with Gasteiger partial charge < -0.3 is 15.3 Å². The molecule has 0 spiro atoms. The maximum atomic E-state index is 10.0. The molecule has 0 rings (SSSR count). The second-order valence-electron chi connectivity index (χ2n) is 3.19. The Labute approximate surface area is 99.3 Å². The predicted molar refractivity (Wildman–Crippen MR) is 66.5 cm³/mol. The van der Waals surface area contributed by atoms with Crippen LogP contribution >= 0.6 is 0 Å². The van der Waals surface area contributed by atoms with Crippen LogP contribution in [0.15, 0.2) is 0 Å². The zero-order valence-electron chi connectivity index (χ0n) is 10.9. The van der Waals surface area contributed by atoms with E-state index in [0.29, 0.717) is 6.42 Å². The minimum absolute atomic E-state index is 0.250. The molecule has 0 aliphatic rings. The summed E-state index contributed by atoms with van der Waals surface area (Å²) in [5.74, 6) is -0.670. The van der Waals surface area contributed by atoms with E-state index in [9.17, 15) is 4.79 Å². The van der Waals surface area contributed by atoms with Crippen molar-refractivity contribution in [2.75, 3.05) is 13.2 Å². The Morgan fingerprint density at radius 2 is 1.25 bits per heavy atom. The summed E-state index contributed by atoms with van der Waals surface area (Å²) in [6, 6.07) is 0. The Kier molecular flexibility index (Phi) is 31.0. The number of rotatable bonds is 6. The smallest absolute Gasteiger partial charge is 0.303 e. The zero-order valence-corrected chi connectivity index (χ0v) is 10.9. The van der Waals surface area contributed by atoms with E-state index in [1.807, 2.05) is 0 Å². The van der Waals surface area contributed by atoms with Gasteiger partial charge in [-0.1, -0.05) is 32.6 Å². The summed E-state index contributed by atoms with van der Waals surface area (Å²) in [6.45, 7) is 6.01. The van der Waals surface area contributed by atoms with Crippen molar-refractivity contribution >= 4 is 5.97 Å². The number of unbranched alkanes of at least 4 members (excludes halogenated alkanes) is 4. The van der Waals surface area contributed by atoms with Crippen molar-refractivity contribution in [2.24, 2.45) is 0 Å². The van der Waals surface area contributed by atoms with Crippen LogP contribution in [-0.2, 0) is 4.79 Å². The number of carboxylic acids is 1. The molecule has 0 fully saturated rings. The average Bonchev–Trinajstić information content (AvgIpc) is 2.19. The van der Waals surface area contributed by atoms with E-state index < -0.39 is 5.97 Å². The highest BCUT2D eigenvalue weighted by Gasteiger charge is 1.94. The molecular formula is C12H28O4. The lowest BCUT2D eigenvalue weighted by Gasteiger charge is -1.95. The number of aliphatic hydroxyl groups excluding tert-OH is 2. The van der Waals surface area contributed by atoms with Crippen molar-refractivity contribution < 1.29 is 20.1 Å². The third kappa shape index (κ3) is 50.3. The van der Waals surface area contributed by atoms with Gasteiger partial charge in [0.05, 0.1) is 0 Å². The van der Waals surface area contributed by atoms with Crippen molar-refractivity contribution in [3.8, 4) is 0 Å². The Morgan fingerprint density at radius 3 is 1.56 bits per heavy atom. The van der Waals surface area contributed by atoms with Crippen LogP contribution in [0.1, 0.15) is 59.3 Å². The molecule has 4 nitrogen and oxygen atoms in total. The van der Waals surface area contributed by atoms with Crippen LogP contribution in [0.4, 0.5) is 0 Å². The third-order valence-electron chi connectivity index (χ3n) is 1.49. The van der Waals surface area contributed by atoms with E-state index in [1.165, 1.54) is 19.3 Å². The van der Waals surface area contributed by atoms with Crippen molar-refractivity contribution in [1.82, 2.24) is 0 Å². The number of carboxylic acid groups (broad SMARTS) is 1. The van der Waals surface area contributed by atoms with Gasteiger partial charge in [-0.2, -0.15) is 0 Å². The Morgan fingerprint density at radius 1 is 0.875 bits per heavy atom. The molecule has 0 radical (unpaired) electrons. The molecule has 0 heterocycles. The fourth-order valence-corrected chi connectivity index (χ4v) is 0.880. The van der Waals surface area contributed by atoms with Crippen LogP contribution in [0.3, 0.4) is 0 Å². The van der Waals surface area contributed by atoms with E-state index >= 15 is 0 Å². The Bertz CT molecular complexity index is 114. The summed E-state index contributed by atoms with van der Waals surface area (Å²) in [7, 11) is 0. The van der Waals surface area contributed by atoms with Gasteiger partial charge in [0.15, 0.2) is 0 Å². The molecule has 0 aliphatic carbocycles. The minimum atomic E-state index is -0.670. The molecular weight excluding hydrogens is 208 g/mol. The van der Waals surface area contributed by atoms with Crippen LogP contribution in [0.2, 0.25) is 0 Å². The fraction of sp³-hybridized carbons (Fsp3) is 0.917. The van der Waals surface area contributed by atoms with Gasteiger partial charge in [-0.05, 0) is 20.3 Å². The van der Waals surface area contributed by atoms with Gasteiger partial charge in [-0.25, -0.2) is 0 Å². The molecule has 0 aliphatic heterocycles. The molecule has 100 valence electrons. The van der Waals surface area contributed by atoms with Crippen molar-refractivity contribution in [2.45, 2.75) is 59.3 Å². The summed E-state index contributed by atoms with van der Waals surface area (Å²) in [5.41, 5.74) is 0. The van der Waals surface area contributed by atoms with Crippen molar-refractivity contribution in [3.63, 3.8) is 0 Å². The quantitative estimate of drug-likeness (QED) is 0.619. The highest BCUT2D eigenvalue weighted by molar-refractivity contribution is 5.66. The van der Waals surface area contributed by atoms with Crippen molar-refractivity contribution in [1.29, 1.82) is 0 Å². The van der Waals surface area contributed by atoms with Crippen LogP contribution in [0.25, 0.3) is 0 Å². The molecule has 0 unspecified atom stereocenters. The maximum Gasteiger partial charge on any atom is 0.303 e. The highest BCUT2D eigenvalue weighted by Crippen LogP contribution is 2.04. The molecule has 0 atom stereocenters. The lowest BCUT2D eigenvalue weighted by Crippen LogP contribution is -1.93. The maximum absolute atomic E-state index is 10.0. The van der Waals surface area contributed by atoms with E-state index in [4.69, 9.17) is 15.3 Å². The van der Waals surface area contributed by atoms with E-state index in [1.54, 1.807) is 13.8 Å². The number of aliphatic carboxylic acids is 1. The molecule has 0 aromatic rings. The normalized spacial score (nSPS) is 8.31. The molecule has 0 amide bonds. The Balaban J connectivity index is -0.000000235. The number of carbonyl (C=O) groups is 1. The molecule has 3 N–H and O–H groups in total. The van der Waals surface area contributed by atoms with Gasteiger partial charge in [0.1, 0.15) is 0 Å². The lowest BCUT2D eigenvalue weighted by molar-refractivity contribution is -0.137. The van der Waals surface area contributed by atoms with Gasteiger partial charge in [0.2, 0.25) is 0 Å². The SMILES string of the molecule is CCCCCCCC(=O)O.CCO.CCO. The van der Waals surface area contributed by atoms with Gasteiger partial charge in [0.25, 0.3) is 0 Å². The Hall–Kier alpha value is -0.610. The second-order valence-corrected chi connectivity index (χ2v) is 3.19. The molecule has 16 heavy (non-hydrogen) atoms. The van der Waals surface area contributed by atoms with Crippen LogP contribution in [0.5, 0.6) is 0 Å². The van der Waals surface area contributed by atoms with Crippen LogP contribution < -0.4 is 0 Å². The third-order valence-corrected chi connectivity index (χ3v) is 1.49. The van der Waals surface area contributed by atoms with Crippen LogP contribution in [-0.4, -0.2) is 34.5 Å². The second kappa shape index (κ2) is 23.9. The summed E-state index contributed by atoms with van der Waals surface area (Å²) >= 11 is 0. The van der Waals surface area contributed by atoms with E-state index in [-0.39, 0.29) is 13.2 Å². The fourth-order valence-electron chi connectivity index (χ4n) is 0.880.